The predicted molar refractivity (Wildman–Crippen MR) is 213 cm³/mol. The maximum absolute atomic E-state index is 6.44. The summed E-state index contributed by atoms with van der Waals surface area (Å²) in [5.74, 6) is 2.42. The lowest BCUT2D eigenvalue weighted by atomic mass is 9.91. The molecule has 244 valence electrons. The van der Waals surface area contributed by atoms with Crippen molar-refractivity contribution < 1.29 is 4.42 Å². The van der Waals surface area contributed by atoms with Gasteiger partial charge in [-0.1, -0.05) is 116 Å². The third-order valence-electron chi connectivity index (χ3n) is 10.3. The van der Waals surface area contributed by atoms with Crippen LogP contribution in [0.25, 0.3) is 89.0 Å². The molecule has 0 saturated heterocycles. The van der Waals surface area contributed by atoms with Gasteiger partial charge < -0.3 is 4.42 Å². The zero-order valence-corrected chi connectivity index (χ0v) is 29.0. The Labute approximate surface area is 300 Å². The maximum atomic E-state index is 6.44. The molecule has 51 heavy (non-hydrogen) atoms. The van der Waals surface area contributed by atoms with Crippen LogP contribution in [-0.2, 0) is 0 Å². The summed E-state index contributed by atoms with van der Waals surface area (Å²) in [5, 5.41) is 3.37. The normalized spacial score (nSPS) is 15.5. The Balaban J connectivity index is 1.22. The second kappa shape index (κ2) is 12.1. The molecule has 3 aromatic heterocycles. The van der Waals surface area contributed by atoms with Gasteiger partial charge >= 0.3 is 0 Å². The van der Waals surface area contributed by atoms with Gasteiger partial charge in [-0.25, -0.2) is 15.0 Å². The molecule has 5 aromatic carbocycles. The van der Waals surface area contributed by atoms with Crippen LogP contribution in [-0.4, -0.2) is 15.0 Å². The Morgan fingerprint density at radius 2 is 1.43 bits per heavy atom. The number of fused-ring (bicyclic) bond motifs is 6. The molecule has 0 radical (unpaired) electrons. The topological polar surface area (TPSA) is 51.8 Å². The van der Waals surface area contributed by atoms with Crippen LogP contribution in [0.2, 0.25) is 0 Å². The molecule has 10 rings (SSSR count). The standard InChI is InChI=1S/C46H33N3OS/c1-28-11-10-18-39-41(28)36-24-23-33(27-40(36)51-39)45-47-44(32-14-6-3-7-15-32)48-46(49-45)43-34(25-26-38-42(43)35-16-8-9-17-37(35)50-38)31-21-19-30(20-22-31)29-12-4-2-5-13-29/h2-4,6-10,12,14-28H,5,11,13H2,1H3. The van der Waals surface area contributed by atoms with Crippen LogP contribution in [0.3, 0.4) is 0 Å². The highest BCUT2D eigenvalue weighted by molar-refractivity contribution is 7.20. The maximum Gasteiger partial charge on any atom is 0.165 e. The summed E-state index contributed by atoms with van der Waals surface area (Å²) in [6, 6.07) is 38.3. The molecule has 2 aliphatic carbocycles. The minimum Gasteiger partial charge on any atom is -0.456 e. The minimum absolute atomic E-state index is 0.507. The molecule has 2 aliphatic rings. The fourth-order valence-corrected chi connectivity index (χ4v) is 9.03. The van der Waals surface area contributed by atoms with Crippen LogP contribution in [0.1, 0.15) is 48.1 Å². The van der Waals surface area contributed by atoms with Gasteiger partial charge in [0.05, 0.1) is 0 Å². The first-order valence-electron chi connectivity index (χ1n) is 17.6. The van der Waals surface area contributed by atoms with Gasteiger partial charge in [-0.15, -0.1) is 11.3 Å². The molecule has 0 aliphatic heterocycles. The molecule has 0 spiro atoms. The van der Waals surface area contributed by atoms with Crippen molar-refractivity contribution in [3.05, 3.63) is 150 Å². The van der Waals surface area contributed by atoms with Crippen molar-refractivity contribution in [1.82, 2.24) is 15.0 Å². The van der Waals surface area contributed by atoms with E-state index in [4.69, 9.17) is 19.4 Å². The lowest BCUT2D eigenvalue weighted by Crippen LogP contribution is -2.01. The average molecular weight is 676 g/mol. The van der Waals surface area contributed by atoms with E-state index < -0.39 is 0 Å². The Bertz CT molecular complexity index is 2730. The molecular formula is C46H33N3OS. The number of nitrogens with zero attached hydrogens (tertiary/aromatic N) is 3. The number of aromatic nitrogens is 3. The molecule has 3 heterocycles. The molecule has 1 atom stereocenters. The highest BCUT2D eigenvalue weighted by Crippen LogP contribution is 2.44. The number of thiophene rings is 1. The minimum atomic E-state index is 0.507. The van der Waals surface area contributed by atoms with Crippen molar-refractivity contribution in [2.45, 2.75) is 32.1 Å². The Morgan fingerprint density at radius 3 is 2.27 bits per heavy atom. The van der Waals surface area contributed by atoms with Gasteiger partial charge in [0.15, 0.2) is 17.5 Å². The van der Waals surface area contributed by atoms with Crippen LogP contribution in [0.15, 0.2) is 138 Å². The van der Waals surface area contributed by atoms with Crippen LogP contribution in [0.4, 0.5) is 0 Å². The lowest BCUT2D eigenvalue weighted by Gasteiger charge is -2.15. The number of hydrogen-bond acceptors (Lipinski definition) is 5. The van der Waals surface area contributed by atoms with Crippen LogP contribution >= 0.6 is 11.3 Å². The predicted octanol–water partition coefficient (Wildman–Crippen LogP) is 12.9. The quantitative estimate of drug-likeness (QED) is 0.182. The van der Waals surface area contributed by atoms with Crippen molar-refractivity contribution in [3.8, 4) is 45.3 Å². The molecule has 0 saturated carbocycles. The molecule has 0 bridgehead atoms. The first-order valence-corrected chi connectivity index (χ1v) is 18.5. The smallest absolute Gasteiger partial charge is 0.165 e. The van der Waals surface area contributed by atoms with E-state index in [1.165, 1.54) is 31.7 Å². The van der Waals surface area contributed by atoms with E-state index in [1.54, 1.807) is 0 Å². The molecule has 0 amide bonds. The summed E-state index contributed by atoms with van der Waals surface area (Å²) >= 11 is 1.85. The van der Waals surface area contributed by atoms with E-state index in [1.807, 2.05) is 41.7 Å². The van der Waals surface area contributed by atoms with Crippen LogP contribution in [0, 0.1) is 0 Å². The van der Waals surface area contributed by atoms with Crippen molar-refractivity contribution in [1.29, 1.82) is 0 Å². The van der Waals surface area contributed by atoms with E-state index >= 15 is 0 Å². The van der Waals surface area contributed by atoms with Gasteiger partial charge in [-0.2, -0.15) is 0 Å². The molecule has 8 aromatic rings. The summed E-state index contributed by atoms with van der Waals surface area (Å²) < 4.78 is 7.70. The van der Waals surface area contributed by atoms with Gasteiger partial charge in [0.25, 0.3) is 0 Å². The van der Waals surface area contributed by atoms with Gasteiger partial charge in [-0.05, 0) is 88.7 Å². The van der Waals surface area contributed by atoms with Crippen molar-refractivity contribution in [2.75, 3.05) is 0 Å². The highest BCUT2D eigenvalue weighted by atomic mass is 32.1. The fraction of sp³-hybridized carbons (Fsp3) is 0.109. The third-order valence-corrected chi connectivity index (χ3v) is 11.4. The summed E-state index contributed by atoms with van der Waals surface area (Å²) in [4.78, 5) is 17.1. The summed E-state index contributed by atoms with van der Waals surface area (Å²) in [6.07, 6.45) is 14.4. The summed E-state index contributed by atoms with van der Waals surface area (Å²) in [6.45, 7) is 2.32. The molecular weight excluding hydrogens is 643 g/mol. The van der Waals surface area contributed by atoms with E-state index in [9.17, 15) is 0 Å². The first kappa shape index (κ1) is 30.0. The number of hydrogen-bond donors (Lipinski definition) is 0. The van der Waals surface area contributed by atoms with Gasteiger partial charge in [0, 0.05) is 37.0 Å². The Morgan fingerprint density at radius 1 is 0.667 bits per heavy atom. The molecule has 0 N–H and O–H groups in total. The van der Waals surface area contributed by atoms with E-state index in [-0.39, 0.29) is 0 Å². The largest absolute Gasteiger partial charge is 0.456 e. The molecule has 1 unspecified atom stereocenters. The summed E-state index contributed by atoms with van der Waals surface area (Å²) in [5.41, 5.74) is 10.7. The summed E-state index contributed by atoms with van der Waals surface area (Å²) in [7, 11) is 0. The first-order chi connectivity index (χ1) is 25.2. The SMILES string of the molecule is CC1CC=Cc2sc3cc(-c4nc(-c5ccccc5)nc(-c5c(-c6ccc(C7=CC=CCC7)cc6)ccc6oc7ccccc7c56)n4)ccc3c21. The zero-order chi connectivity index (χ0) is 33.9. The number of furan rings is 1. The monoisotopic (exact) mass is 675 g/mol. The van der Waals surface area contributed by atoms with Crippen molar-refractivity contribution in [3.63, 3.8) is 0 Å². The van der Waals surface area contributed by atoms with Crippen LogP contribution in [0.5, 0.6) is 0 Å². The van der Waals surface area contributed by atoms with E-state index in [0.29, 0.717) is 23.4 Å². The van der Waals surface area contributed by atoms with Gasteiger partial charge in [0.1, 0.15) is 11.2 Å². The van der Waals surface area contributed by atoms with E-state index in [2.05, 4.69) is 116 Å². The number of benzene rings is 5. The second-order valence-corrected chi connectivity index (χ2v) is 14.6. The molecule has 5 heteroatoms. The highest BCUT2D eigenvalue weighted by Gasteiger charge is 2.23. The Kier molecular flexibility index (Phi) is 7.14. The zero-order valence-electron chi connectivity index (χ0n) is 28.1. The number of allylic oxidation sites excluding steroid dienone is 5. The second-order valence-electron chi connectivity index (χ2n) is 13.5. The van der Waals surface area contributed by atoms with Crippen molar-refractivity contribution in [2.24, 2.45) is 0 Å². The van der Waals surface area contributed by atoms with Gasteiger partial charge in [-0.3, -0.25) is 0 Å². The third kappa shape index (κ3) is 5.16. The van der Waals surface area contributed by atoms with E-state index in [0.717, 1.165) is 69.0 Å². The fourth-order valence-electron chi connectivity index (χ4n) is 7.73. The molecule has 0 fully saturated rings. The number of para-hydroxylation sites is 1. The average Bonchev–Trinajstić information content (AvgIpc) is 3.77. The molecule has 4 nitrogen and oxygen atoms in total. The van der Waals surface area contributed by atoms with Gasteiger partial charge in [0.2, 0.25) is 0 Å². The van der Waals surface area contributed by atoms with Crippen molar-refractivity contribution >= 4 is 55.0 Å². The van der Waals surface area contributed by atoms with Crippen LogP contribution < -0.4 is 0 Å². The number of rotatable bonds is 5. The Hall–Kier alpha value is -5.91. The lowest BCUT2D eigenvalue weighted by molar-refractivity contribution is 0.669.